The Morgan fingerprint density at radius 2 is 2.20 bits per heavy atom. The minimum Gasteiger partial charge on any atom is -0.386 e. The lowest BCUT2D eigenvalue weighted by atomic mass is 10.1. The first-order valence-electron chi connectivity index (χ1n) is 9.77. The van der Waals surface area contributed by atoms with Crippen molar-refractivity contribution < 1.29 is 28.3 Å². The third kappa shape index (κ3) is 4.07. The number of anilines is 1. The van der Waals surface area contributed by atoms with Crippen molar-refractivity contribution in [3.8, 4) is 0 Å². The molecule has 2 aliphatic rings. The average molecular weight is 443 g/mol. The van der Waals surface area contributed by atoms with E-state index in [1.165, 1.54) is 6.33 Å². The van der Waals surface area contributed by atoms with Gasteiger partial charge in [0, 0.05) is 6.54 Å². The van der Waals surface area contributed by atoms with E-state index < -0.39 is 32.4 Å². The molecule has 2 aromatic rings. The fourth-order valence-corrected chi connectivity index (χ4v) is 4.69. The van der Waals surface area contributed by atoms with Crippen LogP contribution in [-0.4, -0.2) is 66.0 Å². The molecule has 0 aliphatic carbocycles. The molecule has 13 nitrogen and oxygen atoms in total. The average Bonchev–Trinajstić information content (AvgIpc) is 3.20. The summed E-state index contributed by atoms with van der Waals surface area (Å²) in [5.74, 6) is 6.80. The van der Waals surface area contributed by atoms with Crippen LogP contribution in [-0.2, 0) is 24.9 Å². The predicted octanol–water partition coefficient (Wildman–Crippen LogP) is 0.0485. The van der Waals surface area contributed by atoms with Crippen LogP contribution in [0.5, 0.6) is 0 Å². The largest absolute Gasteiger partial charge is 0.472 e. The van der Waals surface area contributed by atoms with Crippen LogP contribution in [0.1, 0.15) is 38.2 Å². The number of nitrogens with two attached hydrogens (primary N) is 2. The number of nitrogens with zero attached hydrogens (tertiary/aromatic N) is 5. The van der Waals surface area contributed by atoms with Crippen molar-refractivity contribution in [1.82, 2.24) is 24.5 Å². The molecule has 5 atom stereocenters. The Morgan fingerprint density at radius 3 is 2.97 bits per heavy atom. The van der Waals surface area contributed by atoms with Crippen molar-refractivity contribution in [3.63, 3.8) is 0 Å². The Labute approximate surface area is 172 Å². The van der Waals surface area contributed by atoms with Gasteiger partial charge in [0.1, 0.15) is 30.5 Å². The van der Waals surface area contributed by atoms with E-state index in [2.05, 4.69) is 21.9 Å². The second-order valence-electron chi connectivity index (χ2n) is 7.40. The van der Waals surface area contributed by atoms with E-state index in [9.17, 15) is 14.6 Å². The van der Waals surface area contributed by atoms with E-state index in [-0.39, 0.29) is 19.0 Å². The Bertz CT molecular complexity index is 958. The van der Waals surface area contributed by atoms with Crippen molar-refractivity contribution in [3.05, 3.63) is 12.2 Å². The molecule has 14 heteroatoms. The third-order valence-electron chi connectivity index (χ3n) is 5.19. The number of fused-ring (bicyclic) bond motifs is 2. The van der Waals surface area contributed by atoms with Crippen molar-refractivity contribution in [1.29, 1.82) is 0 Å². The fourth-order valence-electron chi connectivity index (χ4n) is 3.72. The van der Waals surface area contributed by atoms with Crippen molar-refractivity contribution in [2.75, 3.05) is 18.9 Å². The van der Waals surface area contributed by atoms with Gasteiger partial charge in [-0.3, -0.25) is 19.5 Å². The molecular formula is C16H26N7O6P. The zero-order chi connectivity index (χ0) is 21.5. The summed E-state index contributed by atoms with van der Waals surface area (Å²) in [5.41, 5.74) is 6.67. The Kier molecular flexibility index (Phi) is 6.06. The summed E-state index contributed by atoms with van der Waals surface area (Å²) in [6, 6.07) is 0. The van der Waals surface area contributed by atoms with Crippen LogP contribution >= 0.6 is 7.82 Å². The van der Waals surface area contributed by atoms with Crippen LogP contribution in [0.25, 0.3) is 11.2 Å². The highest BCUT2D eigenvalue weighted by Gasteiger charge is 2.53. The van der Waals surface area contributed by atoms with Gasteiger partial charge in [-0.25, -0.2) is 24.5 Å². The molecule has 0 radical (unpaired) electrons. The predicted molar refractivity (Wildman–Crippen MR) is 104 cm³/mol. The number of aliphatic hydroxyl groups excluding tert-OH is 1. The number of phosphoric ester groups is 1. The maximum absolute atomic E-state index is 11.8. The van der Waals surface area contributed by atoms with Gasteiger partial charge in [0.15, 0.2) is 23.2 Å². The van der Waals surface area contributed by atoms with Gasteiger partial charge in [-0.1, -0.05) is 19.8 Å². The highest BCUT2D eigenvalue weighted by molar-refractivity contribution is 7.47. The first kappa shape index (κ1) is 21.5. The molecule has 6 N–H and O–H groups in total. The lowest BCUT2D eigenvalue weighted by Gasteiger charge is -2.27. The number of aliphatic hydroxyl groups is 1. The van der Waals surface area contributed by atoms with E-state index in [1.54, 1.807) is 9.58 Å². The number of nitrogen functional groups attached to an aromatic ring is 1. The molecule has 0 amide bonds. The minimum absolute atomic E-state index is 0.180. The van der Waals surface area contributed by atoms with Gasteiger partial charge < -0.3 is 20.5 Å². The molecule has 0 spiro atoms. The maximum Gasteiger partial charge on any atom is 0.472 e. The number of hydrogen-bond donors (Lipinski definition) is 4. The summed E-state index contributed by atoms with van der Waals surface area (Å²) in [7, 11) is -4.24. The summed E-state index contributed by atoms with van der Waals surface area (Å²) < 4.78 is 29.1. The van der Waals surface area contributed by atoms with Gasteiger partial charge in [-0.15, -0.1) is 0 Å². The fraction of sp³-hybridized carbons (Fsp3) is 0.688. The number of aromatic nitrogens is 4. The van der Waals surface area contributed by atoms with E-state index in [4.69, 9.17) is 25.4 Å². The Hall–Kier alpha value is -1.70. The highest BCUT2D eigenvalue weighted by Crippen LogP contribution is 2.52. The molecule has 0 saturated carbocycles. The van der Waals surface area contributed by atoms with E-state index >= 15 is 0 Å². The standard InChI is InChI=1S/C16H26N7O6P/c1-2-3-4-5-22(18)6-10-21-11-14(17)19-8-20-15(11)23(10)16-12(24)13-9(28-16)7-27-30(25,26)29-13/h8-9,12-13,16,24H,2-7,18H2,1H3,(H,25,26)(H2,17,19,20)/t9-,12-,13-,16-/m1/s1. The van der Waals surface area contributed by atoms with Crippen LogP contribution < -0.4 is 11.6 Å². The first-order chi connectivity index (χ1) is 14.3. The minimum atomic E-state index is -4.24. The first-order valence-corrected chi connectivity index (χ1v) is 11.3. The Morgan fingerprint density at radius 1 is 1.40 bits per heavy atom. The highest BCUT2D eigenvalue weighted by atomic mass is 31.2. The molecule has 0 bridgehead atoms. The van der Waals surface area contributed by atoms with Crippen molar-refractivity contribution >= 4 is 24.8 Å². The number of imidazole rings is 1. The van der Waals surface area contributed by atoms with Crippen LogP contribution in [0.2, 0.25) is 0 Å². The molecule has 2 saturated heterocycles. The number of hydrazine groups is 1. The summed E-state index contributed by atoms with van der Waals surface area (Å²) in [5, 5.41) is 12.5. The van der Waals surface area contributed by atoms with Gasteiger partial charge in [0.2, 0.25) is 0 Å². The molecular weight excluding hydrogens is 417 g/mol. The molecule has 2 aromatic heterocycles. The molecule has 30 heavy (non-hydrogen) atoms. The summed E-state index contributed by atoms with van der Waals surface area (Å²) in [6.45, 7) is 2.82. The number of unbranched alkanes of at least 4 members (excludes halogenated alkanes) is 2. The smallest absolute Gasteiger partial charge is 0.386 e. The molecule has 4 rings (SSSR count). The molecule has 2 fully saturated rings. The Balaban J connectivity index is 1.67. The zero-order valence-corrected chi connectivity index (χ0v) is 17.4. The molecule has 4 heterocycles. The lowest BCUT2D eigenvalue weighted by molar-refractivity contribution is -0.0674. The normalized spacial score (nSPS) is 31.5. The molecule has 166 valence electrons. The molecule has 2 aliphatic heterocycles. The third-order valence-corrected chi connectivity index (χ3v) is 6.18. The quantitative estimate of drug-likeness (QED) is 0.195. The molecule has 1 unspecified atom stereocenters. The van der Waals surface area contributed by atoms with E-state index in [0.717, 1.165) is 19.3 Å². The molecule has 0 aromatic carbocycles. The second-order valence-corrected chi connectivity index (χ2v) is 8.80. The van der Waals surface area contributed by atoms with Crippen LogP contribution in [0.3, 0.4) is 0 Å². The summed E-state index contributed by atoms with van der Waals surface area (Å²) >= 11 is 0. The van der Waals surface area contributed by atoms with E-state index in [1.807, 2.05) is 0 Å². The number of hydrogen-bond acceptors (Lipinski definition) is 11. The van der Waals surface area contributed by atoms with Gasteiger partial charge in [-0.2, -0.15) is 0 Å². The summed E-state index contributed by atoms with van der Waals surface area (Å²) in [6.07, 6.45) is 0.313. The number of ether oxygens (including phenoxy) is 1. The van der Waals surface area contributed by atoms with Gasteiger partial charge >= 0.3 is 7.82 Å². The van der Waals surface area contributed by atoms with Gasteiger partial charge in [0.25, 0.3) is 0 Å². The monoisotopic (exact) mass is 443 g/mol. The van der Waals surface area contributed by atoms with Crippen molar-refractivity contribution in [2.45, 2.75) is 57.3 Å². The maximum atomic E-state index is 11.8. The van der Waals surface area contributed by atoms with Crippen LogP contribution in [0.15, 0.2) is 6.33 Å². The van der Waals surface area contributed by atoms with Gasteiger partial charge in [-0.05, 0) is 6.42 Å². The zero-order valence-electron chi connectivity index (χ0n) is 16.5. The van der Waals surface area contributed by atoms with Gasteiger partial charge in [0.05, 0.1) is 13.2 Å². The summed E-state index contributed by atoms with van der Waals surface area (Å²) in [4.78, 5) is 22.4. The van der Waals surface area contributed by atoms with Crippen molar-refractivity contribution in [2.24, 2.45) is 5.84 Å². The second kappa shape index (κ2) is 8.44. The number of phosphoric acid groups is 1. The topological polar surface area (TPSA) is 184 Å². The number of rotatable bonds is 7. The van der Waals surface area contributed by atoms with Crippen LogP contribution in [0, 0.1) is 0 Å². The lowest BCUT2D eigenvalue weighted by Crippen LogP contribution is -2.39. The van der Waals surface area contributed by atoms with E-state index in [0.29, 0.717) is 23.5 Å². The SMILES string of the molecule is CCCCCN(N)Cc1nc2c(N)ncnc2n1[C@@H]1O[C@@H]2COP(=O)(O)O[C@H]2[C@H]1O. The van der Waals surface area contributed by atoms with Crippen LogP contribution in [0.4, 0.5) is 5.82 Å².